The fourth-order valence-corrected chi connectivity index (χ4v) is 3.23. The van der Waals surface area contributed by atoms with E-state index in [0.29, 0.717) is 12.8 Å². The van der Waals surface area contributed by atoms with Crippen molar-refractivity contribution in [2.24, 2.45) is 17.8 Å². The summed E-state index contributed by atoms with van der Waals surface area (Å²) in [5.41, 5.74) is 0.919. The molecule has 2 aliphatic rings. The lowest BCUT2D eigenvalue weighted by Gasteiger charge is -2.22. The highest BCUT2D eigenvalue weighted by atomic mass is 19.4. The van der Waals surface area contributed by atoms with Crippen LogP contribution in [0, 0.1) is 30.6 Å². The Kier molecular flexibility index (Phi) is 4.51. The molecule has 1 aromatic carbocycles. The maximum Gasteiger partial charge on any atom is 0.575 e. The summed E-state index contributed by atoms with van der Waals surface area (Å²) < 4.78 is 45.6. The molecule has 4 unspecified atom stereocenters. The Morgan fingerprint density at radius 2 is 1.96 bits per heavy atom. The van der Waals surface area contributed by atoms with Crippen LogP contribution in [0.4, 0.5) is 13.2 Å². The maximum absolute atomic E-state index is 12.4. The van der Waals surface area contributed by atoms with E-state index in [1.807, 2.05) is 36.8 Å². The van der Waals surface area contributed by atoms with Crippen molar-refractivity contribution in [1.82, 2.24) is 0 Å². The van der Waals surface area contributed by atoms with Crippen LogP contribution in [-0.2, 0) is 19.1 Å². The average molecular weight is 340 g/mol. The van der Waals surface area contributed by atoms with Gasteiger partial charge in [-0.2, -0.15) is 0 Å². The predicted molar refractivity (Wildman–Crippen MR) is 75.9 cm³/mol. The van der Waals surface area contributed by atoms with Crippen LogP contribution in [0.1, 0.15) is 18.4 Å². The number of ether oxygens (including phenoxy) is 2. The minimum Gasteiger partial charge on any atom is -0.447 e. The first kappa shape index (κ1) is 16.8. The van der Waals surface area contributed by atoms with E-state index in [9.17, 15) is 22.8 Å². The predicted octanol–water partition coefficient (Wildman–Crippen LogP) is 3.07. The first-order valence-corrected chi connectivity index (χ1v) is 7.57. The van der Waals surface area contributed by atoms with Gasteiger partial charge in [-0.25, -0.2) is 4.79 Å². The minimum absolute atomic E-state index is 0.359. The molecule has 128 valence electrons. The van der Waals surface area contributed by atoms with E-state index in [1.165, 1.54) is 0 Å². The van der Waals surface area contributed by atoms with Gasteiger partial charge in [0, 0.05) is 5.92 Å². The third-order valence-corrected chi connectivity index (χ3v) is 4.35. The number of hydrogen-bond donors (Lipinski definition) is 0. The van der Waals surface area contributed by atoms with Crippen LogP contribution >= 0.6 is 0 Å². The summed E-state index contributed by atoms with van der Waals surface area (Å²) in [6.07, 6.45) is -1.45. The van der Waals surface area contributed by atoms with Crippen LogP contribution in [0.25, 0.3) is 0 Å². The minimum atomic E-state index is -5.04. The summed E-state index contributed by atoms with van der Waals surface area (Å²) in [5, 5.41) is 0. The number of cyclic esters (lactones) is 1. The molecular formula is C17H15F3O4. The Balaban J connectivity index is 1.69. The molecule has 1 aliphatic heterocycles. The molecule has 0 aromatic heterocycles. The number of halogens is 3. The van der Waals surface area contributed by atoms with Crippen molar-refractivity contribution in [2.45, 2.75) is 25.3 Å². The Labute approximate surface area is 136 Å². The second-order valence-electron chi connectivity index (χ2n) is 5.91. The molecule has 24 heavy (non-hydrogen) atoms. The van der Waals surface area contributed by atoms with Crippen LogP contribution in [0.15, 0.2) is 30.3 Å². The van der Waals surface area contributed by atoms with Crippen LogP contribution < -0.4 is 0 Å². The average Bonchev–Trinajstić information content (AvgIpc) is 3.08. The molecule has 1 saturated heterocycles. The van der Waals surface area contributed by atoms with E-state index >= 15 is 0 Å². The number of carbonyl (C=O) groups is 2. The second-order valence-corrected chi connectivity index (χ2v) is 5.91. The topological polar surface area (TPSA) is 55.9 Å². The molecule has 1 aromatic rings. The van der Waals surface area contributed by atoms with E-state index < -0.39 is 36.2 Å². The molecule has 0 N–H and O–H groups in total. The number of hydrogen-bond acceptors (Lipinski definition) is 4. The Bertz CT molecular complexity index is 614. The molecule has 0 spiro atoms. The molecule has 2 fully saturated rings. The Morgan fingerprint density at radius 1 is 1.29 bits per heavy atom. The third kappa shape index (κ3) is 3.88. The molecule has 1 aliphatic carbocycles. The molecule has 1 saturated carbocycles. The van der Waals surface area contributed by atoms with Gasteiger partial charge in [0.25, 0.3) is 0 Å². The van der Waals surface area contributed by atoms with E-state index in [1.54, 1.807) is 6.42 Å². The van der Waals surface area contributed by atoms with Gasteiger partial charge in [-0.3, -0.25) is 4.79 Å². The molecule has 0 amide bonds. The number of carbonyl (C=O) groups excluding carboxylic acids is 2. The van der Waals surface area contributed by atoms with Gasteiger partial charge in [0.05, 0.1) is 5.92 Å². The quantitative estimate of drug-likeness (QED) is 0.611. The second kappa shape index (κ2) is 6.45. The van der Waals surface area contributed by atoms with Crippen LogP contribution in [0.2, 0.25) is 0 Å². The van der Waals surface area contributed by atoms with Gasteiger partial charge in [-0.15, -0.1) is 13.2 Å². The van der Waals surface area contributed by atoms with Crippen molar-refractivity contribution in [3.05, 3.63) is 48.7 Å². The lowest BCUT2D eigenvalue weighted by atomic mass is 9.84. The van der Waals surface area contributed by atoms with E-state index in [2.05, 4.69) is 4.74 Å². The first-order chi connectivity index (χ1) is 11.3. The van der Waals surface area contributed by atoms with Gasteiger partial charge in [0.1, 0.15) is 0 Å². The highest BCUT2D eigenvalue weighted by Crippen LogP contribution is 2.46. The van der Waals surface area contributed by atoms with Gasteiger partial charge in [-0.05, 0) is 37.2 Å². The van der Waals surface area contributed by atoms with Crippen LogP contribution in [0.3, 0.4) is 0 Å². The van der Waals surface area contributed by atoms with E-state index in [0.717, 1.165) is 5.56 Å². The first-order valence-electron chi connectivity index (χ1n) is 7.57. The molecule has 4 nitrogen and oxygen atoms in total. The highest BCUT2D eigenvalue weighted by Gasteiger charge is 2.56. The number of epoxide rings is 1. The van der Waals surface area contributed by atoms with Gasteiger partial charge in [-0.1, -0.05) is 30.3 Å². The molecule has 0 bridgehead atoms. The third-order valence-electron chi connectivity index (χ3n) is 4.35. The van der Waals surface area contributed by atoms with Crippen molar-refractivity contribution in [3.8, 4) is 0 Å². The van der Waals surface area contributed by atoms with Crippen molar-refractivity contribution >= 4 is 11.9 Å². The summed E-state index contributed by atoms with van der Waals surface area (Å²) in [5.74, 6) is -3.91. The van der Waals surface area contributed by atoms with Crippen molar-refractivity contribution in [2.75, 3.05) is 0 Å². The van der Waals surface area contributed by atoms with Crippen molar-refractivity contribution in [1.29, 1.82) is 0 Å². The normalized spacial score (nSPS) is 29.2. The number of alkyl halides is 3. The van der Waals surface area contributed by atoms with Crippen LogP contribution in [0.5, 0.6) is 0 Å². The van der Waals surface area contributed by atoms with Crippen molar-refractivity contribution < 1.29 is 32.2 Å². The standard InChI is InChI=1S/C17H15F3O4/c18-17(19,20)24-15(21)13-11(7-6-10-4-2-1-3-5-10)8-9-12(13)14-16(22)23-14/h1-6,9,11-14H,7-8H2. The summed E-state index contributed by atoms with van der Waals surface area (Å²) in [7, 11) is 0. The molecule has 4 atom stereocenters. The van der Waals surface area contributed by atoms with Gasteiger partial charge >= 0.3 is 18.3 Å². The lowest BCUT2D eigenvalue weighted by Crippen LogP contribution is -2.33. The largest absolute Gasteiger partial charge is 0.575 e. The zero-order valence-electron chi connectivity index (χ0n) is 12.5. The molecule has 1 heterocycles. The number of esters is 1. The van der Waals surface area contributed by atoms with E-state index in [4.69, 9.17) is 4.74 Å². The fourth-order valence-electron chi connectivity index (χ4n) is 3.23. The Morgan fingerprint density at radius 3 is 2.54 bits per heavy atom. The molecule has 3 rings (SSSR count). The monoisotopic (exact) mass is 340 g/mol. The zero-order valence-corrected chi connectivity index (χ0v) is 12.5. The van der Waals surface area contributed by atoms with Gasteiger partial charge in [0.2, 0.25) is 6.10 Å². The smallest absolute Gasteiger partial charge is 0.447 e. The summed E-state index contributed by atoms with van der Waals surface area (Å²) in [4.78, 5) is 23.2. The molecule has 7 heteroatoms. The SMILES string of the molecule is O=C1OC1C1[CH]CC(C[CH]c2ccccc2)C1C(=O)OC(F)(F)F. The number of rotatable bonds is 5. The molecular weight excluding hydrogens is 325 g/mol. The summed E-state index contributed by atoms with van der Waals surface area (Å²) in [6.45, 7) is 0. The summed E-state index contributed by atoms with van der Waals surface area (Å²) in [6, 6.07) is 9.29. The van der Waals surface area contributed by atoms with Crippen LogP contribution in [-0.4, -0.2) is 24.4 Å². The van der Waals surface area contributed by atoms with E-state index in [-0.39, 0.29) is 5.92 Å². The highest BCUT2D eigenvalue weighted by molar-refractivity contribution is 5.89. The lowest BCUT2D eigenvalue weighted by molar-refractivity contribution is -0.308. The van der Waals surface area contributed by atoms with Gasteiger partial charge < -0.3 is 9.47 Å². The number of benzene rings is 1. The maximum atomic E-state index is 12.4. The Hall–Kier alpha value is -2.05. The zero-order chi connectivity index (χ0) is 17.3. The molecule has 2 radical (unpaired) electrons. The van der Waals surface area contributed by atoms with Gasteiger partial charge in [0.15, 0.2) is 0 Å². The summed E-state index contributed by atoms with van der Waals surface area (Å²) >= 11 is 0. The fraction of sp³-hybridized carbons (Fsp3) is 0.412. The van der Waals surface area contributed by atoms with Crippen molar-refractivity contribution in [3.63, 3.8) is 0 Å².